The van der Waals surface area contributed by atoms with Crippen molar-refractivity contribution in [3.05, 3.63) is 59.0 Å². The molecule has 0 aliphatic rings. The number of hydrogen-bond donors (Lipinski definition) is 1. The summed E-state index contributed by atoms with van der Waals surface area (Å²) in [6, 6.07) is 13.1. The van der Waals surface area contributed by atoms with Gasteiger partial charge in [-0.2, -0.15) is 0 Å². The molecular weight excluding hydrogens is 314 g/mol. The molecule has 5 heteroatoms. The Bertz CT molecular complexity index is 927. The fourth-order valence-corrected chi connectivity index (χ4v) is 4.65. The molecule has 0 atom stereocenters. The minimum Gasteiger partial charge on any atom is -0.280 e. The van der Waals surface area contributed by atoms with E-state index in [4.69, 9.17) is 0 Å². The Labute approximate surface area is 134 Å². The van der Waals surface area contributed by atoms with E-state index >= 15 is 0 Å². The van der Waals surface area contributed by atoms with Crippen LogP contribution >= 0.6 is 11.3 Å². The van der Waals surface area contributed by atoms with Gasteiger partial charge in [0, 0.05) is 4.70 Å². The predicted octanol–water partition coefficient (Wildman–Crippen LogP) is 4.57. The maximum atomic E-state index is 12.7. The molecule has 0 fully saturated rings. The van der Waals surface area contributed by atoms with Crippen LogP contribution in [0.5, 0.6) is 0 Å². The number of hydrogen-bond acceptors (Lipinski definition) is 3. The average molecular weight is 331 g/mol. The van der Waals surface area contributed by atoms with Crippen LogP contribution in [0.4, 0.5) is 5.69 Å². The minimum absolute atomic E-state index is 0.354. The average Bonchev–Trinajstić information content (AvgIpc) is 2.93. The van der Waals surface area contributed by atoms with Gasteiger partial charge in [0.25, 0.3) is 10.0 Å². The third-order valence-corrected chi connectivity index (χ3v) is 5.96. The third kappa shape index (κ3) is 2.87. The SMILES string of the molecule is CCc1cc(C)ccc1S(=O)(=O)Nc1ccc2ccsc2c1. The van der Waals surface area contributed by atoms with Gasteiger partial charge < -0.3 is 0 Å². The van der Waals surface area contributed by atoms with Crippen LogP contribution < -0.4 is 4.72 Å². The van der Waals surface area contributed by atoms with E-state index in [1.165, 1.54) is 0 Å². The summed E-state index contributed by atoms with van der Waals surface area (Å²) in [4.78, 5) is 0.354. The van der Waals surface area contributed by atoms with E-state index < -0.39 is 10.0 Å². The highest BCUT2D eigenvalue weighted by Crippen LogP contribution is 2.26. The van der Waals surface area contributed by atoms with Crippen molar-refractivity contribution < 1.29 is 8.42 Å². The first-order valence-electron chi connectivity index (χ1n) is 7.09. The van der Waals surface area contributed by atoms with Crippen LogP contribution in [0.3, 0.4) is 0 Å². The number of sulfonamides is 1. The van der Waals surface area contributed by atoms with Crippen molar-refractivity contribution in [3.8, 4) is 0 Å². The van der Waals surface area contributed by atoms with Gasteiger partial charge in [-0.05, 0) is 53.9 Å². The molecule has 22 heavy (non-hydrogen) atoms. The second-order valence-electron chi connectivity index (χ2n) is 5.24. The van der Waals surface area contributed by atoms with E-state index in [2.05, 4.69) is 4.72 Å². The van der Waals surface area contributed by atoms with Crippen LogP contribution in [0.2, 0.25) is 0 Å². The summed E-state index contributed by atoms with van der Waals surface area (Å²) in [6.07, 6.45) is 0.682. The summed E-state index contributed by atoms with van der Waals surface area (Å²) in [5, 5.41) is 3.12. The lowest BCUT2D eigenvalue weighted by Crippen LogP contribution is -2.15. The molecule has 2 aromatic carbocycles. The minimum atomic E-state index is -3.57. The quantitative estimate of drug-likeness (QED) is 0.761. The second-order valence-corrected chi connectivity index (χ2v) is 7.84. The van der Waals surface area contributed by atoms with Gasteiger partial charge in [0.15, 0.2) is 0 Å². The summed E-state index contributed by atoms with van der Waals surface area (Å²) < 4.78 is 29.1. The maximum absolute atomic E-state index is 12.7. The van der Waals surface area contributed by atoms with E-state index in [9.17, 15) is 8.42 Å². The molecular formula is C17H17NO2S2. The summed E-state index contributed by atoms with van der Waals surface area (Å²) in [5.41, 5.74) is 2.50. The lowest BCUT2D eigenvalue weighted by molar-refractivity contribution is 0.600. The van der Waals surface area contributed by atoms with Crippen LogP contribution in [0.25, 0.3) is 10.1 Å². The lowest BCUT2D eigenvalue weighted by Gasteiger charge is -2.12. The van der Waals surface area contributed by atoms with Crippen molar-refractivity contribution in [2.24, 2.45) is 0 Å². The molecule has 0 spiro atoms. The van der Waals surface area contributed by atoms with Crippen molar-refractivity contribution in [1.29, 1.82) is 0 Å². The molecule has 0 saturated carbocycles. The van der Waals surface area contributed by atoms with Gasteiger partial charge >= 0.3 is 0 Å². The Kier molecular flexibility index (Phi) is 3.93. The number of rotatable bonds is 4. The molecule has 0 radical (unpaired) electrons. The number of nitrogens with one attached hydrogen (secondary N) is 1. The molecule has 3 rings (SSSR count). The number of benzene rings is 2. The lowest BCUT2D eigenvalue weighted by atomic mass is 10.1. The monoisotopic (exact) mass is 331 g/mol. The van der Waals surface area contributed by atoms with Gasteiger partial charge in [-0.25, -0.2) is 8.42 Å². The van der Waals surface area contributed by atoms with Crippen LogP contribution in [-0.2, 0) is 16.4 Å². The molecule has 1 heterocycles. The second kappa shape index (κ2) is 5.74. The Morgan fingerprint density at radius 1 is 1.09 bits per heavy atom. The van der Waals surface area contributed by atoms with Crippen LogP contribution in [0.1, 0.15) is 18.1 Å². The maximum Gasteiger partial charge on any atom is 0.262 e. The number of aryl methyl sites for hydroxylation is 2. The Hall–Kier alpha value is -1.85. The van der Waals surface area contributed by atoms with E-state index in [1.807, 2.05) is 49.6 Å². The highest BCUT2D eigenvalue weighted by Gasteiger charge is 2.18. The zero-order valence-corrected chi connectivity index (χ0v) is 14.1. The summed E-state index contributed by atoms with van der Waals surface area (Å²) in [7, 11) is -3.57. The Morgan fingerprint density at radius 3 is 2.68 bits per heavy atom. The summed E-state index contributed by atoms with van der Waals surface area (Å²) in [6.45, 7) is 3.93. The number of fused-ring (bicyclic) bond motifs is 1. The fraction of sp³-hybridized carbons (Fsp3) is 0.176. The van der Waals surface area contributed by atoms with E-state index in [-0.39, 0.29) is 0 Å². The number of thiophene rings is 1. The molecule has 0 saturated heterocycles. The van der Waals surface area contributed by atoms with E-state index in [1.54, 1.807) is 23.5 Å². The van der Waals surface area contributed by atoms with Crippen LogP contribution in [0.15, 0.2) is 52.7 Å². The van der Waals surface area contributed by atoms with E-state index in [0.29, 0.717) is 17.0 Å². The Balaban J connectivity index is 1.99. The van der Waals surface area contributed by atoms with Gasteiger partial charge in [-0.15, -0.1) is 11.3 Å². The standard InChI is InChI=1S/C17H17NO2S2/c1-3-13-10-12(2)4-7-17(13)22(19,20)18-15-6-5-14-8-9-21-16(14)11-15/h4-11,18H,3H2,1-2H3. The number of anilines is 1. The highest BCUT2D eigenvalue weighted by molar-refractivity contribution is 7.92. The molecule has 3 aromatic rings. The molecule has 3 nitrogen and oxygen atoms in total. The van der Waals surface area contributed by atoms with Crippen molar-refractivity contribution in [3.63, 3.8) is 0 Å². The molecule has 0 aliphatic heterocycles. The fourth-order valence-electron chi connectivity index (χ4n) is 2.48. The molecule has 0 bridgehead atoms. The van der Waals surface area contributed by atoms with Crippen molar-refractivity contribution in [1.82, 2.24) is 0 Å². The van der Waals surface area contributed by atoms with Gasteiger partial charge in [0.2, 0.25) is 0 Å². The van der Waals surface area contributed by atoms with Crippen LogP contribution in [0, 0.1) is 6.92 Å². The van der Waals surface area contributed by atoms with Gasteiger partial charge in [-0.3, -0.25) is 4.72 Å². The molecule has 1 N–H and O–H groups in total. The zero-order chi connectivity index (χ0) is 15.7. The van der Waals surface area contributed by atoms with Gasteiger partial charge in [-0.1, -0.05) is 30.7 Å². The smallest absolute Gasteiger partial charge is 0.262 e. The topological polar surface area (TPSA) is 46.2 Å². The highest BCUT2D eigenvalue weighted by atomic mass is 32.2. The van der Waals surface area contributed by atoms with Crippen molar-refractivity contribution >= 4 is 37.1 Å². The molecule has 0 amide bonds. The normalized spacial score (nSPS) is 11.7. The third-order valence-electron chi connectivity index (χ3n) is 3.59. The van der Waals surface area contributed by atoms with Crippen molar-refractivity contribution in [2.45, 2.75) is 25.2 Å². The molecule has 114 valence electrons. The van der Waals surface area contributed by atoms with Gasteiger partial charge in [0.05, 0.1) is 10.6 Å². The van der Waals surface area contributed by atoms with Crippen molar-refractivity contribution in [2.75, 3.05) is 4.72 Å². The summed E-state index contributed by atoms with van der Waals surface area (Å²) in [5.74, 6) is 0. The first-order chi connectivity index (χ1) is 10.5. The molecule has 0 aliphatic carbocycles. The summed E-state index contributed by atoms with van der Waals surface area (Å²) >= 11 is 1.60. The molecule has 1 aromatic heterocycles. The van der Waals surface area contributed by atoms with E-state index in [0.717, 1.165) is 21.2 Å². The molecule has 0 unspecified atom stereocenters. The van der Waals surface area contributed by atoms with Crippen LogP contribution in [-0.4, -0.2) is 8.42 Å². The zero-order valence-electron chi connectivity index (χ0n) is 12.5. The predicted molar refractivity (Wildman–Crippen MR) is 93.2 cm³/mol. The van der Waals surface area contributed by atoms with Gasteiger partial charge in [0.1, 0.15) is 0 Å². The first kappa shape index (κ1) is 15.1. The largest absolute Gasteiger partial charge is 0.280 e. The first-order valence-corrected chi connectivity index (χ1v) is 9.45. The Morgan fingerprint density at radius 2 is 1.91 bits per heavy atom.